The zero-order chi connectivity index (χ0) is 45.4. The van der Waals surface area contributed by atoms with Crippen molar-refractivity contribution < 1.29 is 33.5 Å². The summed E-state index contributed by atoms with van der Waals surface area (Å²) in [5, 5.41) is 13.1. The minimum Gasteiger partial charge on any atom is -0.477 e. The highest BCUT2D eigenvalue weighted by Crippen LogP contribution is 2.34. The minimum absolute atomic E-state index is 0.00955. The van der Waals surface area contributed by atoms with E-state index in [9.17, 15) is 28.8 Å². The molecule has 4 amide bonds. The lowest BCUT2D eigenvalue weighted by Crippen LogP contribution is -2.48. The Balaban J connectivity index is 0.824. The molecule has 4 aliphatic rings. The van der Waals surface area contributed by atoms with E-state index in [1.807, 2.05) is 24.9 Å². The van der Waals surface area contributed by atoms with Crippen molar-refractivity contribution in [3.05, 3.63) is 94.3 Å². The number of pyridine rings is 1. The molecule has 3 aromatic heterocycles. The molecule has 9 rings (SSSR count). The molecule has 17 heteroatoms. The van der Waals surface area contributed by atoms with Crippen LogP contribution >= 0.6 is 0 Å². The predicted molar refractivity (Wildman–Crippen MR) is 241 cm³/mol. The van der Waals surface area contributed by atoms with Crippen molar-refractivity contribution in [1.82, 2.24) is 39.4 Å². The van der Waals surface area contributed by atoms with Gasteiger partial charge in [0, 0.05) is 99.7 Å². The van der Waals surface area contributed by atoms with E-state index < -0.39 is 11.8 Å². The molecular formula is C48H52N10O7. The number of rotatable bonds is 8. The lowest BCUT2D eigenvalue weighted by atomic mass is 9.82. The van der Waals surface area contributed by atoms with Gasteiger partial charge in [-0.25, -0.2) is 9.67 Å². The van der Waals surface area contributed by atoms with Crippen LogP contribution < -0.4 is 20.7 Å². The number of imidazole rings is 1. The van der Waals surface area contributed by atoms with E-state index in [1.54, 1.807) is 41.2 Å². The number of anilines is 2. The van der Waals surface area contributed by atoms with E-state index in [0.717, 1.165) is 35.0 Å². The van der Waals surface area contributed by atoms with Crippen LogP contribution in [0.3, 0.4) is 0 Å². The molecule has 3 aliphatic heterocycles. The number of piperazine rings is 1. The Labute approximate surface area is 375 Å². The van der Waals surface area contributed by atoms with Crippen molar-refractivity contribution in [2.75, 3.05) is 50.0 Å². The van der Waals surface area contributed by atoms with Gasteiger partial charge in [-0.3, -0.25) is 49.3 Å². The molecule has 2 bridgehead atoms. The van der Waals surface area contributed by atoms with Crippen molar-refractivity contribution in [1.29, 1.82) is 0 Å². The first-order chi connectivity index (χ1) is 31.4. The minimum atomic E-state index is -0.568. The number of amides is 4. The standard InChI is InChI=1S/C48H52N10O7/c1-28-6-5-19-65-47-35(25-50-55(47)3)38-23-33(20-29(2)51-38)46(64)54-48-52-36-11-9-30(21-39(36)58(48)26-28)27-56-15-17-57(18-16-56)42(61)13-14-49-37-8-4-7-34-40(59)24-32(44(62)43(34)37)22-31-10-12-41(60)53-45(31)63/h4,7-9,11,20-21,23-25,28,31,49H,5-6,10,12-19,22,26-27H2,1-3H3,(H,52,54,64)(H,53,60,63)/t28-,31?/m1/s1. The maximum Gasteiger partial charge on any atom is 0.258 e. The summed E-state index contributed by atoms with van der Waals surface area (Å²) in [4.78, 5) is 91.9. The van der Waals surface area contributed by atoms with E-state index in [1.165, 1.54) is 6.08 Å². The number of hydrogen-bond acceptors (Lipinski definition) is 12. The third-order valence-electron chi connectivity index (χ3n) is 12.7. The Kier molecular flexibility index (Phi) is 12.1. The van der Waals surface area contributed by atoms with Crippen LogP contribution in [-0.2, 0) is 34.5 Å². The van der Waals surface area contributed by atoms with E-state index in [-0.39, 0.29) is 77.7 Å². The number of hydrogen-bond donors (Lipinski definition) is 3. The van der Waals surface area contributed by atoms with Gasteiger partial charge in [-0.15, -0.1) is 0 Å². The monoisotopic (exact) mass is 880 g/mol. The SMILES string of the molecule is Cc1cc2cc(n1)-c1cnn(C)c1OCCC[C@@H](C)Cn1c(nc3ccc(CN4CCN(C(=O)CCNc5cccc6c5C(=O)C(CC5CCC(=O)NC5=O)=CC6=O)CC4)cc31)NC2=O. The molecule has 1 unspecified atom stereocenters. The number of ether oxygens (including phenoxy) is 1. The molecule has 3 N–H and O–H groups in total. The Bertz CT molecular complexity index is 2780. The van der Waals surface area contributed by atoms with Crippen molar-refractivity contribution in [2.45, 2.75) is 65.5 Å². The molecule has 5 aromatic rings. The Hall–Kier alpha value is -7.01. The first-order valence-electron chi connectivity index (χ1n) is 22.3. The van der Waals surface area contributed by atoms with Crippen LogP contribution in [0.5, 0.6) is 5.88 Å². The van der Waals surface area contributed by atoms with Gasteiger partial charge >= 0.3 is 0 Å². The Morgan fingerprint density at radius 3 is 2.60 bits per heavy atom. The molecule has 2 saturated heterocycles. The maximum atomic E-state index is 13.9. The van der Waals surface area contributed by atoms with Crippen LogP contribution in [0.1, 0.15) is 87.8 Å². The predicted octanol–water partition coefficient (Wildman–Crippen LogP) is 5.10. The molecule has 0 saturated carbocycles. The van der Waals surface area contributed by atoms with Gasteiger partial charge in [-0.2, -0.15) is 5.10 Å². The number of aryl methyl sites for hydroxylation is 2. The van der Waals surface area contributed by atoms with Crippen LogP contribution in [0, 0.1) is 18.8 Å². The van der Waals surface area contributed by atoms with Crippen molar-refractivity contribution in [3.63, 3.8) is 0 Å². The number of ketones is 2. The number of allylic oxidation sites excluding steroid dienone is 2. The number of carbonyl (C=O) groups is 6. The normalized spacial score (nSPS) is 19.5. The van der Waals surface area contributed by atoms with Gasteiger partial charge in [0.2, 0.25) is 29.5 Å². The molecule has 2 atom stereocenters. The van der Waals surface area contributed by atoms with Gasteiger partial charge < -0.3 is 19.5 Å². The lowest BCUT2D eigenvalue weighted by molar-refractivity contribution is -0.136. The first kappa shape index (κ1) is 43.3. The van der Waals surface area contributed by atoms with E-state index in [2.05, 4.69) is 49.6 Å². The van der Waals surface area contributed by atoms with Gasteiger partial charge in [0.15, 0.2) is 11.6 Å². The molecule has 0 radical (unpaired) electrons. The van der Waals surface area contributed by atoms with Gasteiger partial charge in [0.25, 0.3) is 5.91 Å². The van der Waals surface area contributed by atoms with Crippen molar-refractivity contribution >= 4 is 57.9 Å². The number of imide groups is 1. The van der Waals surface area contributed by atoms with Crippen LogP contribution in [0.25, 0.3) is 22.3 Å². The summed E-state index contributed by atoms with van der Waals surface area (Å²) in [7, 11) is 1.83. The van der Waals surface area contributed by atoms with Crippen LogP contribution in [0.2, 0.25) is 0 Å². The molecule has 6 heterocycles. The smallest absolute Gasteiger partial charge is 0.258 e. The number of aromatic nitrogens is 5. The summed E-state index contributed by atoms with van der Waals surface area (Å²) in [6, 6.07) is 14.8. The second-order valence-corrected chi connectivity index (χ2v) is 17.6. The summed E-state index contributed by atoms with van der Waals surface area (Å²) in [5.74, 6) is -0.938. The van der Waals surface area contributed by atoms with Crippen LogP contribution in [0.4, 0.5) is 11.6 Å². The van der Waals surface area contributed by atoms with Crippen LogP contribution in [-0.4, -0.2) is 109 Å². The zero-order valence-corrected chi connectivity index (χ0v) is 36.8. The summed E-state index contributed by atoms with van der Waals surface area (Å²) < 4.78 is 10.0. The van der Waals surface area contributed by atoms with E-state index in [4.69, 9.17) is 14.7 Å². The number of carbonyl (C=O) groups excluding carboxylic acids is 6. The fourth-order valence-electron chi connectivity index (χ4n) is 9.27. The maximum absolute atomic E-state index is 13.9. The largest absolute Gasteiger partial charge is 0.477 e. The quantitative estimate of drug-likeness (QED) is 0.175. The third kappa shape index (κ3) is 9.18. The molecule has 1 aliphatic carbocycles. The fraction of sp³-hybridized carbons (Fsp3) is 0.396. The Morgan fingerprint density at radius 1 is 0.954 bits per heavy atom. The van der Waals surface area contributed by atoms with Crippen LogP contribution in [0.15, 0.2) is 66.4 Å². The fourth-order valence-corrected chi connectivity index (χ4v) is 9.27. The highest BCUT2D eigenvalue weighted by atomic mass is 16.5. The Morgan fingerprint density at radius 2 is 1.78 bits per heavy atom. The first-order valence-corrected chi connectivity index (χ1v) is 22.3. The second kappa shape index (κ2) is 18.2. The third-order valence-corrected chi connectivity index (χ3v) is 12.7. The van der Waals surface area contributed by atoms with Gasteiger partial charge in [0.05, 0.1) is 40.7 Å². The van der Waals surface area contributed by atoms with Gasteiger partial charge in [-0.05, 0) is 80.5 Å². The number of Topliss-reactive ketones (excluding diaryl/α,β-unsaturated/α-hetero) is 1. The number of piperidine rings is 1. The van der Waals surface area contributed by atoms with Crippen molar-refractivity contribution in [3.8, 4) is 17.1 Å². The molecule has 2 aromatic carbocycles. The van der Waals surface area contributed by atoms with Crippen molar-refractivity contribution in [2.24, 2.45) is 18.9 Å². The number of benzene rings is 2. The molecular weight excluding hydrogens is 829 g/mol. The average Bonchev–Trinajstić information content (AvgIpc) is 3.82. The lowest BCUT2D eigenvalue weighted by Gasteiger charge is -2.35. The highest BCUT2D eigenvalue weighted by Gasteiger charge is 2.34. The molecule has 65 heavy (non-hydrogen) atoms. The summed E-state index contributed by atoms with van der Waals surface area (Å²) >= 11 is 0. The molecule has 17 nitrogen and oxygen atoms in total. The number of nitrogens with zero attached hydrogens (tertiary/aromatic N) is 7. The van der Waals surface area contributed by atoms with Gasteiger partial charge in [0.1, 0.15) is 0 Å². The van der Waals surface area contributed by atoms with Gasteiger partial charge in [-0.1, -0.05) is 25.1 Å². The summed E-state index contributed by atoms with van der Waals surface area (Å²) in [5.41, 5.74) is 6.53. The summed E-state index contributed by atoms with van der Waals surface area (Å²) in [6.07, 6.45) is 5.51. The molecule has 2 fully saturated rings. The van der Waals surface area contributed by atoms with E-state index >= 15 is 0 Å². The number of fused-ring (bicyclic) bond motifs is 8. The number of nitrogens with one attached hydrogen (secondary N) is 3. The molecule has 336 valence electrons. The topological polar surface area (TPSA) is 203 Å². The zero-order valence-electron chi connectivity index (χ0n) is 36.8. The molecule has 0 spiro atoms. The average molecular weight is 881 g/mol. The van der Waals surface area contributed by atoms with E-state index in [0.29, 0.717) is 86.8 Å². The second-order valence-electron chi connectivity index (χ2n) is 17.6. The summed E-state index contributed by atoms with van der Waals surface area (Å²) in [6.45, 7) is 8.67. The highest BCUT2D eigenvalue weighted by molar-refractivity contribution is 6.26.